The Morgan fingerprint density at radius 2 is 2.53 bits per heavy atom. The molecule has 0 aliphatic rings. The molecule has 0 unspecified atom stereocenters. The topological polar surface area (TPSA) is 101 Å². The van der Waals surface area contributed by atoms with E-state index < -0.39 is 0 Å². The van der Waals surface area contributed by atoms with E-state index in [1.165, 1.54) is 11.3 Å². The smallest absolute Gasteiger partial charge is 0.228 e. The van der Waals surface area contributed by atoms with Crippen LogP contribution in [0.4, 0.5) is 0 Å². The van der Waals surface area contributed by atoms with Crippen LogP contribution < -0.4 is 11.1 Å². The second-order valence-corrected chi connectivity index (χ2v) is 4.23. The van der Waals surface area contributed by atoms with Crippen LogP contribution in [0.2, 0.25) is 0 Å². The molecule has 0 atom stereocenters. The number of nitrogens with two attached hydrogens (primary N) is 1. The maximum absolute atomic E-state index is 11.2. The summed E-state index contributed by atoms with van der Waals surface area (Å²) in [6.45, 7) is 2.31. The first-order valence-corrected chi connectivity index (χ1v) is 5.08. The Morgan fingerprint density at radius 1 is 1.80 bits per heavy atom. The molecule has 0 saturated heterocycles. The van der Waals surface area contributed by atoms with Crippen LogP contribution in [0.5, 0.6) is 0 Å². The van der Waals surface area contributed by atoms with E-state index in [4.69, 9.17) is 10.9 Å². The molecule has 1 aromatic rings. The second kappa shape index (κ2) is 5.30. The first-order chi connectivity index (χ1) is 7.11. The molecular formula is C8H12N4O2S. The molecule has 82 valence electrons. The van der Waals surface area contributed by atoms with E-state index >= 15 is 0 Å². The molecule has 1 amide bonds. The van der Waals surface area contributed by atoms with Gasteiger partial charge in [-0.15, -0.1) is 11.3 Å². The Kier molecular flexibility index (Phi) is 4.04. The summed E-state index contributed by atoms with van der Waals surface area (Å²) in [6.07, 6.45) is 1.64. The van der Waals surface area contributed by atoms with Crippen molar-refractivity contribution in [3.8, 4) is 0 Å². The molecule has 0 aromatic carbocycles. The Labute approximate surface area is 90.8 Å². The fraction of sp³-hybridized carbons (Fsp3) is 0.375. The third-order valence-corrected chi connectivity index (χ3v) is 2.49. The van der Waals surface area contributed by atoms with Gasteiger partial charge in [0.1, 0.15) is 10.8 Å². The van der Waals surface area contributed by atoms with Crippen LogP contribution in [0.3, 0.4) is 0 Å². The number of oxime groups is 1. The number of nitrogens with one attached hydrogen (secondary N) is 1. The Bertz CT molecular complexity index is 374. The largest absolute Gasteiger partial charge is 0.409 e. The number of hydrogen-bond donors (Lipinski definition) is 3. The van der Waals surface area contributed by atoms with Gasteiger partial charge in [-0.3, -0.25) is 4.79 Å². The number of rotatable bonds is 4. The molecule has 6 nitrogen and oxygen atoms in total. The van der Waals surface area contributed by atoms with Gasteiger partial charge in [-0.05, 0) is 6.92 Å². The van der Waals surface area contributed by atoms with Gasteiger partial charge in [0.15, 0.2) is 0 Å². The molecule has 15 heavy (non-hydrogen) atoms. The first kappa shape index (κ1) is 11.4. The van der Waals surface area contributed by atoms with Crippen molar-refractivity contribution in [3.05, 3.63) is 16.1 Å². The van der Waals surface area contributed by atoms with Crippen molar-refractivity contribution in [2.24, 2.45) is 10.9 Å². The van der Waals surface area contributed by atoms with E-state index in [1.54, 1.807) is 6.20 Å². The molecule has 0 aliphatic carbocycles. The van der Waals surface area contributed by atoms with Crippen molar-refractivity contribution < 1.29 is 10.0 Å². The van der Waals surface area contributed by atoms with Crippen LogP contribution >= 0.6 is 11.3 Å². The Morgan fingerprint density at radius 3 is 3.07 bits per heavy atom. The number of aryl methyl sites for hydroxylation is 1. The summed E-state index contributed by atoms with van der Waals surface area (Å²) in [7, 11) is 0. The maximum atomic E-state index is 11.2. The average Bonchev–Trinajstić information content (AvgIpc) is 2.61. The zero-order valence-electron chi connectivity index (χ0n) is 8.23. The molecule has 1 rings (SSSR count). The van der Waals surface area contributed by atoms with Crippen molar-refractivity contribution >= 4 is 23.1 Å². The predicted molar refractivity (Wildman–Crippen MR) is 56.7 cm³/mol. The fourth-order valence-electron chi connectivity index (χ4n) is 0.920. The molecule has 0 saturated carbocycles. The van der Waals surface area contributed by atoms with Gasteiger partial charge in [0.2, 0.25) is 5.91 Å². The average molecular weight is 228 g/mol. The number of thiazole rings is 1. The third kappa shape index (κ3) is 3.94. The summed E-state index contributed by atoms with van der Waals surface area (Å²) >= 11 is 1.52. The molecule has 0 bridgehead atoms. The lowest BCUT2D eigenvalue weighted by Gasteiger charge is -2.01. The quantitative estimate of drug-likeness (QED) is 0.296. The zero-order valence-corrected chi connectivity index (χ0v) is 9.04. The van der Waals surface area contributed by atoms with Crippen molar-refractivity contribution in [3.63, 3.8) is 0 Å². The van der Waals surface area contributed by atoms with E-state index in [0.717, 1.165) is 9.88 Å². The van der Waals surface area contributed by atoms with E-state index in [9.17, 15) is 4.79 Å². The molecule has 0 aliphatic heterocycles. The van der Waals surface area contributed by atoms with E-state index in [-0.39, 0.29) is 18.2 Å². The van der Waals surface area contributed by atoms with Crippen LogP contribution in [0.15, 0.2) is 11.4 Å². The van der Waals surface area contributed by atoms with Gasteiger partial charge in [0.25, 0.3) is 0 Å². The second-order valence-electron chi connectivity index (χ2n) is 2.91. The highest BCUT2D eigenvalue weighted by Crippen LogP contribution is 2.10. The highest BCUT2D eigenvalue weighted by molar-refractivity contribution is 7.11. The number of amides is 1. The minimum atomic E-state index is -0.293. The third-order valence-electron chi connectivity index (χ3n) is 1.58. The van der Waals surface area contributed by atoms with Crippen LogP contribution in [0, 0.1) is 6.92 Å². The highest BCUT2D eigenvalue weighted by Gasteiger charge is 2.05. The van der Waals surface area contributed by atoms with Crippen LogP contribution in [0.1, 0.15) is 16.3 Å². The SMILES string of the molecule is Cc1cnc(CNC(=O)CC(N)=NO)s1. The predicted octanol–water partition coefficient (Wildman–Crippen LogP) is 0.204. The van der Waals surface area contributed by atoms with Gasteiger partial charge in [0, 0.05) is 11.1 Å². The monoisotopic (exact) mass is 228 g/mol. The van der Waals surface area contributed by atoms with Crippen molar-refractivity contribution in [2.75, 3.05) is 0 Å². The highest BCUT2D eigenvalue weighted by atomic mass is 32.1. The number of carbonyl (C=O) groups is 1. The summed E-state index contributed by atoms with van der Waals surface area (Å²) in [6, 6.07) is 0. The normalized spacial score (nSPS) is 11.4. The minimum Gasteiger partial charge on any atom is -0.409 e. The van der Waals surface area contributed by atoms with Gasteiger partial charge in [0.05, 0.1) is 13.0 Å². The minimum absolute atomic E-state index is 0.109. The van der Waals surface area contributed by atoms with E-state index in [1.807, 2.05) is 6.92 Å². The summed E-state index contributed by atoms with van der Waals surface area (Å²) < 4.78 is 0. The van der Waals surface area contributed by atoms with Crippen LogP contribution in [-0.2, 0) is 11.3 Å². The summed E-state index contributed by atoms with van der Waals surface area (Å²) in [5, 5.41) is 14.4. The molecule has 1 aromatic heterocycles. The lowest BCUT2D eigenvalue weighted by Crippen LogP contribution is -2.28. The van der Waals surface area contributed by atoms with Crippen molar-refractivity contribution in [1.82, 2.24) is 10.3 Å². The molecule has 0 fully saturated rings. The lowest BCUT2D eigenvalue weighted by atomic mass is 10.4. The Hall–Kier alpha value is -1.63. The molecule has 4 N–H and O–H groups in total. The Balaban J connectivity index is 2.34. The number of hydrogen-bond acceptors (Lipinski definition) is 5. The molecule has 7 heteroatoms. The fourth-order valence-corrected chi connectivity index (χ4v) is 1.65. The van der Waals surface area contributed by atoms with Gasteiger partial charge in [-0.25, -0.2) is 4.98 Å². The van der Waals surface area contributed by atoms with Gasteiger partial charge < -0.3 is 16.3 Å². The molecular weight excluding hydrogens is 216 g/mol. The van der Waals surface area contributed by atoms with Gasteiger partial charge in [-0.2, -0.15) is 0 Å². The van der Waals surface area contributed by atoms with Crippen molar-refractivity contribution in [2.45, 2.75) is 19.9 Å². The van der Waals surface area contributed by atoms with Crippen LogP contribution in [-0.4, -0.2) is 21.9 Å². The van der Waals surface area contributed by atoms with E-state index in [2.05, 4.69) is 15.5 Å². The first-order valence-electron chi connectivity index (χ1n) is 4.26. The van der Waals surface area contributed by atoms with Gasteiger partial charge >= 0.3 is 0 Å². The lowest BCUT2D eigenvalue weighted by molar-refractivity contribution is -0.120. The summed E-state index contributed by atoms with van der Waals surface area (Å²) in [5.74, 6) is -0.402. The number of carbonyl (C=O) groups excluding carboxylic acids is 1. The molecule has 1 heterocycles. The number of amidine groups is 1. The maximum Gasteiger partial charge on any atom is 0.228 e. The number of aromatic nitrogens is 1. The standard InChI is InChI=1S/C8H12N4O2S/c1-5-3-11-8(15-5)4-10-7(13)2-6(9)12-14/h3,14H,2,4H2,1H3,(H2,9,12)(H,10,13). The number of nitrogens with zero attached hydrogens (tertiary/aromatic N) is 2. The van der Waals surface area contributed by atoms with Crippen LogP contribution in [0.25, 0.3) is 0 Å². The molecule has 0 radical (unpaired) electrons. The summed E-state index contributed by atoms with van der Waals surface area (Å²) in [5.41, 5.74) is 5.17. The zero-order chi connectivity index (χ0) is 11.3. The molecule has 0 spiro atoms. The van der Waals surface area contributed by atoms with Gasteiger partial charge in [-0.1, -0.05) is 5.16 Å². The van der Waals surface area contributed by atoms with E-state index in [0.29, 0.717) is 6.54 Å². The van der Waals surface area contributed by atoms with Crippen molar-refractivity contribution in [1.29, 1.82) is 0 Å². The summed E-state index contributed by atoms with van der Waals surface area (Å²) in [4.78, 5) is 16.4.